The van der Waals surface area contributed by atoms with Crippen molar-refractivity contribution in [1.29, 1.82) is 0 Å². The molecule has 21 heteroatoms. The lowest BCUT2D eigenvalue weighted by molar-refractivity contribution is 0.229. The second-order valence-electron chi connectivity index (χ2n) is 7.24. The zero-order valence-corrected chi connectivity index (χ0v) is 27.5. The first kappa shape index (κ1) is 33.2. The molecule has 0 saturated heterocycles. The number of nitrogens with one attached hydrogen (secondary N) is 3. The lowest BCUT2D eigenvalue weighted by atomic mass is 10.5. The second kappa shape index (κ2) is 14.9. The van der Waals surface area contributed by atoms with Gasteiger partial charge in [-0.15, -0.1) is 14.3 Å². The average molecular weight is 664 g/mol. The van der Waals surface area contributed by atoms with Crippen LogP contribution in [0.5, 0.6) is 0 Å². The van der Waals surface area contributed by atoms with Gasteiger partial charge in [-0.05, 0) is 115 Å². The smallest absolute Gasteiger partial charge is 0.301 e. The molecule has 0 aliphatic carbocycles. The Morgan fingerprint density at radius 3 is 0.972 bits per heavy atom. The average Bonchev–Trinajstić information content (AvgIpc) is 2.65. The van der Waals surface area contributed by atoms with E-state index in [1.54, 1.807) is 41.5 Å². The summed E-state index contributed by atoms with van der Waals surface area (Å²) in [6.45, 7) is 10.8. The van der Waals surface area contributed by atoms with E-state index in [4.69, 9.17) is 87.5 Å². The van der Waals surface area contributed by atoms with E-state index in [9.17, 15) is 0 Å². The number of hydrogen-bond donors (Lipinski definition) is 3. The van der Waals surface area contributed by atoms with Gasteiger partial charge in [0.1, 0.15) is 0 Å². The van der Waals surface area contributed by atoms with Gasteiger partial charge in [-0.3, -0.25) is 15.3 Å². The van der Waals surface area contributed by atoms with Crippen molar-refractivity contribution in [2.75, 3.05) is 0 Å². The first-order valence-electron chi connectivity index (χ1n) is 9.90. The molecule has 1 heterocycles. The molecule has 0 aromatic rings. The van der Waals surface area contributed by atoms with Crippen LogP contribution in [0.25, 0.3) is 0 Å². The van der Waals surface area contributed by atoms with E-state index in [1.807, 2.05) is 0 Å². The molecule has 0 atom stereocenters. The van der Waals surface area contributed by atoms with E-state index in [2.05, 4.69) is 58.6 Å². The Morgan fingerprint density at radius 2 is 0.806 bits per heavy atom. The van der Waals surface area contributed by atoms with Crippen molar-refractivity contribution in [3.05, 3.63) is 0 Å². The Balaban J connectivity index is 4.09. The monoisotopic (exact) mass is 663 g/mol. The maximum Gasteiger partial charge on any atom is 0.301 e. The topological polar surface area (TPSA) is 138 Å². The van der Waals surface area contributed by atoms with E-state index < -0.39 is 22.5 Å². The fraction of sp³-hybridized carbons (Fsp3) is 0.600. The minimum Gasteiger partial charge on any atom is -0.468 e. The fourth-order valence-electron chi connectivity index (χ4n) is 2.16. The highest BCUT2D eigenvalue weighted by atomic mass is 32.1. The summed E-state index contributed by atoms with van der Waals surface area (Å²) < 4.78 is 43.4. The highest BCUT2D eigenvalue weighted by Gasteiger charge is 2.40. The van der Waals surface area contributed by atoms with Gasteiger partial charge in [0.25, 0.3) is 15.5 Å². The molecule has 36 heavy (non-hydrogen) atoms. The van der Waals surface area contributed by atoms with Crippen LogP contribution in [-0.2, 0) is 14.2 Å². The molecule has 198 valence electrons. The summed E-state index contributed by atoms with van der Waals surface area (Å²) in [7, 11) is -10.7. The highest BCUT2D eigenvalue weighted by molar-refractivity contribution is 7.89. The number of nitrogens with zero attached hydrogens (tertiary/aromatic N) is 6. The third-order valence-electron chi connectivity index (χ3n) is 3.04. The maximum atomic E-state index is 5.57. The van der Waals surface area contributed by atoms with Gasteiger partial charge in [0.15, 0.2) is 0 Å². The van der Waals surface area contributed by atoms with Crippen molar-refractivity contribution in [2.45, 2.75) is 59.9 Å². The number of thiocarbonyl (C=S) groups is 6. The minimum absolute atomic E-state index is 0.0578. The first-order valence-corrected chi connectivity index (χ1v) is 17.3. The zero-order chi connectivity index (χ0) is 27.6. The highest BCUT2D eigenvalue weighted by Crippen LogP contribution is 2.76. The molecule has 3 N–H and O–H groups in total. The summed E-state index contributed by atoms with van der Waals surface area (Å²) in [6.07, 6.45) is -0.782. The third-order valence-corrected chi connectivity index (χ3v) is 13.4. The Morgan fingerprint density at radius 1 is 0.583 bits per heavy atom. The standard InChI is InChI=1S/C15H24N9O3P3S6/c1-10(2)25-13(34)19-28(16-7-31)22-29(17-8-32,20-14(35)26-11(3)4)24-30(23-28,18-9-33)21-15(36)27-12(5)6/h10-12H,1-6H3,(H,19,34)(H,20,35)(H,21,36). The molecule has 1 aliphatic rings. The Labute approximate surface area is 242 Å². The summed E-state index contributed by atoms with van der Waals surface area (Å²) in [6, 6.07) is 0. The molecule has 0 bridgehead atoms. The quantitative estimate of drug-likeness (QED) is 0.132. The number of ether oxygens (including phenoxy) is 3. The van der Waals surface area contributed by atoms with E-state index in [0.29, 0.717) is 0 Å². The predicted octanol–water partition coefficient (Wildman–Crippen LogP) is 7.05. The van der Waals surface area contributed by atoms with Gasteiger partial charge in [-0.25, -0.2) is 0 Å². The molecule has 1 aliphatic heterocycles. The zero-order valence-electron chi connectivity index (χ0n) is 19.9. The molecule has 0 spiro atoms. The van der Waals surface area contributed by atoms with Crippen LogP contribution in [0, 0.1) is 0 Å². The largest absolute Gasteiger partial charge is 0.468 e. The van der Waals surface area contributed by atoms with Crippen LogP contribution in [0.3, 0.4) is 0 Å². The van der Waals surface area contributed by atoms with Gasteiger partial charge in [-0.1, -0.05) is 0 Å². The Kier molecular flexibility index (Phi) is 13.8. The van der Waals surface area contributed by atoms with Gasteiger partial charge in [-0.2, -0.15) is 13.5 Å². The van der Waals surface area contributed by atoms with E-state index in [-0.39, 0.29) is 33.8 Å². The summed E-state index contributed by atoms with van der Waals surface area (Å²) in [5.74, 6) is 0. The minimum atomic E-state index is -3.55. The van der Waals surface area contributed by atoms with Crippen LogP contribution in [0.1, 0.15) is 41.5 Å². The summed E-state index contributed by atoms with van der Waals surface area (Å²) >= 11 is 30.7. The molecule has 0 aromatic heterocycles. The fourth-order valence-corrected chi connectivity index (χ4v) is 13.9. The second-order valence-corrected chi connectivity index (χ2v) is 15.7. The molecule has 0 saturated carbocycles. The molecule has 1 rings (SSSR count). The molecule has 0 fully saturated rings. The van der Waals surface area contributed by atoms with E-state index in [0.717, 1.165) is 0 Å². The summed E-state index contributed by atoms with van der Waals surface area (Å²) in [5.41, 5.74) is 0. The number of hydrogen-bond acceptors (Lipinski definition) is 15. The van der Waals surface area contributed by atoms with Crippen molar-refractivity contribution in [1.82, 2.24) is 15.3 Å². The van der Waals surface area contributed by atoms with Crippen LogP contribution in [0.4, 0.5) is 0 Å². The maximum absolute atomic E-state index is 5.57. The molecule has 0 radical (unpaired) electrons. The van der Waals surface area contributed by atoms with Gasteiger partial charge in [0.05, 0.1) is 33.8 Å². The van der Waals surface area contributed by atoms with Crippen molar-refractivity contribution >= 4 is 127 Å². The van der Waals surface area contributed by atoms with Gasteiger partial charge < -0.3 is 14.2 Å². The predicted molar refractivity (Wildman–Crippen MR) is 169 cm³/mol. The first-order chi connectivity index (χ1) is 16.7. The van der Waals surface area contributed by atoms with Crippen LogP contribution in [-0.4, -0.2) is 49.3 Å². The van der Waals surface area contributed by atoms with Crippen LogP contribution in [0.2, 0.25) is 0 Å². The summed E-state index contributed by atoms with van der Waals surface area (Å²) in [4.78, 5) is 0. The van der Waals surface area contributed by atoms with Gasteiger partial charge in [0.2, 0.25) is 0 Å². The number of isothiocyanates is 3. The molecule has 0 unspecified atom stereocenters. The molecule has 0 amide bonds. The number of rotatable bonds is 9. The SMILES string of the molecule is CC(C)OC(=S)NP1(N=C=S)=NP(N=C=S)(NC(=S)OC(C)C)=NP(N=C=S)(NC(=S)OC(C)C)=N1. The van der Waals surface area contributed by atoms with Crippen molar-refractivity contribution < 1.29 is 14.2 Å². The normalized spacial score (nSPS) is 24.2. The van der Waals surface area contributed by atoms with Crippen LogP contribution >= 0.6 is 95.8 Å². The Bertz CT molecular complexity index is 1050. The summed E-state index contributed by atoms with van der Waals surface area (Å²) in [5, 5.41) is 15.5. The molecular formula is C15H24N9O3P3S6. The van der Waals surface area contributed by atoms with Crippen molar-refractivity contribution in [2.24, 2.45) is 27.8 Å². The molecule has 0 aromatic carbocycles. The van der Waals surface area contributed by atoms with Crippen molar-refractivity contribution in [3.63, 3.8) is 0 Å². The van der Waals surface area contributed by atoms with E-state index in [1.165, 1.54) is 0 Å². The van der Waals surface area contributed by atoms with Gasteiger partial charge in [0, 0.05) is 0 Å². The Hall–Kier alpha value is -0.840. The lowest BCUT2D eigenvalue weighted by Gasteiger charge is -2.30. The van der Waals surface area contributed by atoms with Crippen molar-refractivity contribution in [3.8, 4) is 0 Å². The molecular weight excluding hydrogens is 640 g/mol. The van der Waals surface area contributed by atoms with Gasteiger partial charge >= 0.3 is 22.5 Å². The van der Waals surface area contributed by atoms with E-state index >= 15 is 0 Å². The molecule has 12 nitrogen and oxygen atoms in total. The van der Waals surface area contributed by atoms with Crippen LogP contribution < -0.4 is 15.3 Å². The van der Waals surface area contributed by atoms with Crippen LogP contribution in [0.15, 0.2) is 27.8 Å². The lowest BCUT2D eigenvalue weighted by Crippen LogP contribution is -2.27. The third kappa shape index (κ3) is 10.9.